The fourth-order valence-electron chi connectivity index (χ4n) is 2.75. The van der Waals surface area contributed by atoms with Crippen LogP contribution in [0, 0.1) is 5.92 Å². The maximum absolute atomic E-state index is 12.9. The predicted molar refractivity (Wildman–Crippen MR) is 89.3 cm³/mol. The highest BCUT2D eigenvalue weighted by molar-refractivity contribution is 6.30. The van der Waals surface area contributed by atoms with E-state index in [-0.39, 0.29) is 11.8 Å². The lowest BCUT2D eigenvalue weighted by Crippen LogP contribution is -2.50. The molecule has 1 fully saturated rings. The van der Waals surface area contributed by atoms with Crippen molar-refractivity contribution in [3.05, 3.63) is 83.0 Å². The summed E-state index contributed by atoms with van der Waals surface area (Å²) in [4.78, 5) is 24.7. The van der Waals surface area contributed by atoms with E-state index in [2.05, 4.69) is 17.2 Å². The largest absolute Gasteiger partial charge is 0.330 e. The van der Waals surface area contributed by atoms with Gasteiger partial charge in [0.1, 0.15) is 0 Å². The Balaban J connectivity index is 2.01. The van der Waals surface area contributed by atoms with Crippen LogP contribution in [-0.2, 0) is 0 Å². The van der Waals surface area contributed by atoms with Gasteiger partial charge in [-0.15, -0.1) is 0 Å². The fraction of sp³-hybridized carbons (Fsp3) is 0.111. The molecular weight excluding hydrogens is 312 g/mol. The zero-order valence-corrected chi connectivity index (χ0v) is 13.0. The number of halogens is 1. The molecule has 1 heterocycles. The normalized spacial score (nSPS) is 20.6. The summed E-state index contributed by atoms with van der Waals surface area (Å²) in [6, 6.07) is 15.2. The highest BCUT2D eigenvalue weighted by atomic mass is 35.5. The Morgan fingerprint density at radius 2 is 1.83 bits per heavy atom. The average molecular weight is 327 g/mol. The number of ketones is 1. The zero-order chi connectivity index (χ0) is 16.4. The number of nitrogens with one attached hydrogen (secondary N) is 2. The number of carbonyl (C=O) groups is 2. The minimum Gasteiger partial charge on any atom is -0.330 e. The number of amides is 2. The van der Waals surface area contributed by atoms with Crippen LogP contribution in [0.25, 0.3) is 0 Å². The number of hydrogen-bond donors (Lipinski definition) is 2. The molecule has 0 spiro atoms. The Morgan fingerprint density at radius 3 is 2.52 bits per heavy atom. The van der Waals surface area contributed by atoms with Gasteiger partial charge in [-0.05, 0) is 17.7 Å². The monoisotopic (exact) mass is 326 g/mol. The molecule has 2 atom stereocenters. The minimum atomic E-state index is -0.603. The summed E-state index contributed by atoms with van der Waals surface area (Å²) in [5.74, 6) is -0.707. The van der Waals surface area contributed by atoms with Gasteiger partial charge in [-0.1, -0.05) is 60.6 Å². The summed E-state index contributed by atoms with van der Waals surface area (Å²) in [6.07, 6.45) is 0. The van der Waals surface area contributed by atoms with Gasteiger partial charge in [-0.25, -0.2) is 4.79 Å². The van der Waals surface area contributed by atoms with Crippen molar-refractivity contribution in [2.24, 2.45) is 5.92 Å². The van der Waals surface area contributed by atoms with Crippen LogP contribution in [0.3, 0.4) is 0 Å². The number of carbonyl (C=O) groups excluding carboxylic acids is 2. The van der Waals surface area contributed by atoms with Crippen molar-refractivity contribution in [2.45, 2.75) is 6.04 Å². The van der Waals surface area contributed by atoms with Crippen LogP contribution in [0.2, 0.25) is 5.02 Å². The zero-order valence-electron chi connectivity index (χ0n) is 12.3. The first-order valence-electron chi connectivity index (χ1n) is 7.17. The summed E-state index contributed by atoms with van der Waals surface area (Å²) in [5.41, 5.74) is 1.72. The Morgan fingerprint density at radius 1 is 1.09 bits per heavy atom. The van der Waals surface area contributed by atoms with Crippen LogP contribution in [0.4, 0.5) is 4.79 Å². The Kier molecular flexibility index (Phi) is 4.17. The van der Waals surface area contributed by atoms with Crippen LogP contribution in [0.5, 0.6) is 0 Å². The lowest BCUT2D eigenvalue weighted by Gasteiger charge is -2.34. The minimum absolute atomic E-state index is 0.104. The molecule has 0 aliphatic carbocycles. The van der Waals surface area contributed by atoms with Crippen molar-refractivity contribution in [1.82, 2.24) is 10.6 Å². The second-order valence-electron chi connectivity index (χ2n) is 5.36. The van der Waals surface area contributed by atoms with E-state index < -0.39 is 12.0 Å². The summed E-state index contributed by atoms with van der Waals surface area (Å²) in [6.45, 7) is 3.87. The summed E-state index contributed by atoms with van der Waals surface area (Å²) in [5, 5.41) is 5.94. The molecule has 2 aromatic carbocycles. The summed E-state index contributed by atoms with van der Waals surface area (Å²) >= 11 is 6.05. The van der Waals surface area contributed by atoms with Gasteiger partial charge in [0.15, 0.2) is 5.78 Å². The van der Waals surface area contributed by atoms with E-state index in [1.807, 2.05) is 12.1 Å². The van der Waals surface area contributed by atoms with E-state index in [1.165, 1.54) is 0 Å². The second-order valence-corrected chi connectivity index (χ2v) is 5.80. The van der Waals surface area contributed by atoms with Gasteiger partial charge in [0.2, 0.25) is 0 Å². The molecule has 1 saturated heterocycles. The number of benzene rings is 2. The quantitative estimate of drug-likeness (QED) is 0.845. The van der Waals surface area contributed by atoms with Gasteiger partial charge in [0.05, 0.1) is 12.0 Å². The van der Waals surface area contributed by atoms with Crippen molar-refractivity contribution in [3.63, 3.8) is 0 Å². The van der Waals surface area contributed by atoms with Gasteiger partial charge in [0.25, 0.3) is 0 Å². The van der Waals surface area contributed by atoms with Crippen molar-refractivity contribution in [1.29, 1.82) is 0 Å². The summed E-state index contributed by atoms with van der Waals surface area (Å²) < 4.78 is 0. The molecule has 3 rings (SSSR count). The van der Waals surface area contributed by atoms with Gasteiger partial charge in [-0.2, -0.15) is 0 Å². The molecule has 0 aromatic heterocycles. The van der Waals surface area contributed by atoms with Crippen LogP contribution >= 0.6 is 11.6 Å². The average Bonchev–Trinajstić information content (AvgIpc) is 2.54. The lowest BCUT2D eigenvalue weighted by molar-refractivity contribution is 0.0905. The van der Waals surface area contributed by atoms with Crippen molar-refractivity contribution < 1.29 is 9.59 Å². The van der Waals surface area contributed by atoms with Crippen LogP contribution in [-0.4, -0.2) is 11.8 Å². The van der Waals surface area contributed by atoms with Gasteiger partial charge < -0.3 is 10.6 Å². The molecule has 2 aromatic rings. The lowest BCUT2D eigenvalue weighted by atomic mass is 9.83. The van der Waals surface area contributed by atoms with E-state index in [4.69, 9.17) is 11.6 Å². The second kappa shape index (κ2) is 6.26. The van der Waals surface area contributed by atoms with Crippen LogP contribution in [0.15, 0.2) is 66.9 Å². The molecule has 23 heavy (non-hydrogen) atoms. The predicted octanol–water partition coefficient (Wildman–Crippen LogP) is 3.71. The first-order valence-corrected chi connectivity index (χ1v) is 7.55. The molecule has 0 unspecified atom stereocenters. The maximum Gasteiger partial charge on any atom is 0.319 e. The molecule has 1 aliphatic heterocycles. The van der Waals surface area contributed by atoms with E-state index in [1.54, 1.807) is 42.5 Å². The maximum atomic E-state index is 12.9. The number of rotatable bonds is 3. The smallest absolute Gasteiger partial charge is 0.319 e. The molecule has 0 bridgehead atoms. The van der Waals surface area contributed by atoms with E-state index in [0.29, 0.717) is 16.3 Å². The van der Waals surface area contributed by atoms with E-state index in [9.17, 15) is 9.59 Å². The molecule has 5 heteroatoms. The van der Waals surface area contributed by atoms with Crippen LogP contribution in [0.1, 0.15) is 22.0 Å². The molecule has 1 aliphatic rings. The first kappa shape index (κ1) is 15.3. The third kappa shape index (κ3) is 3.12. The Hall–Kier alpha value is -2.59. The number of hydrogen-bond acceptors (Lipinski definition) is 2. The molecule has 2 N–H and O–H groups in total. The van der Waals surface area contributed by atoms with Gasteiger partial charge in [0, 0.05) is 16.3 Å². The first-order chi connectivity index (χ1) is 11.1. The molecular formula is C18H15ClN2O2. The summed E-state index contributed by atoms with van der Waals surface area (Å²) in [7, 11) is 0. The van der Waals surface area contributed by atoms with E-state index in [0.717, 1.165) is 5.56 Å². The SMILES string of the molecule is C=C1NC(=O)N[C@H](c2cccc(Cl)c2)[C@@H]1C(=O)c1ccccc1. The topological polar surface area (TPSA) is 58.2 Å². The fourth-order valence-corrected chi connectivity index (χ4v) is 2.95. The highest BCUT2D eigenvalue weighted by Crippen LogP contribution is 2.33. The van der Waals surface area contributed by atoms with E-state index >= 15 is 0 Å². The standard InChI is InChI=1S/C18H15ClN2O2/c1-11-15(17(22)12-6-3-2-4-7-12)16(21-18(23)20-11)13-8-5-9-14(19)10-13/h2-10,15-16H,1H2,(H2,20,21,23)/t15-,16-/m1/s1. The molecule has 116 valence electrons. The van der Waals surface area contributed by atoms with Gasteiger partial charge >= 0.3 is 6.03 Å². The van der Waals surface area contributed by atoms with Crippen LogP contribution < -0.4 is 10.6 Å². The molecule has 2 amide bonds. The molecule has 4 nitrogen and oxygen atoms in total. The third-order valence-corrected chi connectivity index (χ3v) is 4.05. The Bertz CT molecular complexity index is 774. The molecule has 0 saturated carbocycles. The highest BCUT2D eigenvalue weighted by Gasteiger charge is 2.38. The van der Waals surface area contributed by atoms with Crippen molar-refractivity contribution in [2.75, 3.05) is 0 Å². The molecule has 0 radical (unpaired) electrons. The third-order valence-electron chi connectivity index (χ3n) is 3.82. The van der Waals surface area contributed by atoms with Gasteiger partial charge in [-0.3, -0.25) is 4.79 Å². The van der Waals surface area contributed by atoms with Crippen molar-refractivity contribution >= 4 is 23.4 Å². The number of Topliss-reactive ketones (excluding diaryl/α,β-unsaturated/α-hetero) is 1. The van der Waals surface area contributed by atoms with Crippen molar-refractivity contribution in [3.8, 4) is 0 Å². The number of urea groups is 1. The Labute approximate surface area is 139 Å².